The Labute approximate surface area is 132 Å². The molecule has 1 aliphatic rings. The Morgan fingerprint density at radius 3 is 2.89 bits per heavy atom. The van der Waals surface area contributed by atoms with E-state index in [9.17, 15) is 0 Å². The van der Waals surface area contributed by atoms with Crippen LogP contribution >= 0.6 is 24.0 Å². The number of nitrogens with one attached hydrogen (secondary N) is 2. The molecule has 108 valence electrons. The van der Waals surface area contributed by atoms with Crippen molar-refractivity contribution in [2.75, 3.05) is 19.6 Å². The lowest BCUT2D eigenvalue weighted by atomic mass is 9.93. The fourth-order valence-corrected chi connectivity index (χ4v) is 2.25. The molecule has 6 heteroatoms. The van der Waals surface area contributed by atoms with E-state index in [1.54, 1.807) is 6.20 Å². The molecule has 1 aromatic rings. The van der Waals surface area contributed by atoms with Gasteiger partial charge in [-0.05, 0) is 24.8 Å². The standard InChI is InChI=1S/C13H23N5.HI/c1-4-14-12(15-9-11-5-7-16-17-11)18-8-6-13(2,3)10-18;/h5,7H,4,6,8-10H2,1-3H3,(H,14,15)(H,16,17);1H. The second-order valence-corrected chi connectivity index (χ2v) is 5.59. The van der Waals surface area contributed by atoms with E-state index < -0.39 is 0 Å². The van der Waals surface area contributed by atoms with Gasteiger partial charge >= 0.3 is 0 Å². The highest BCUT2D eigenvalue weighted by molar-refractivity contribution is 14.0. The van der Waals surface area contributed by atoms with Crippen molar-refractivity contribution in [3.63, 3.8) is 0 Å². The molecule has 0 spiro atoms. The zero-order valence-electron chi connectivity index (χ0n) is 11.9. The Kier molecular flexibility index (Phi) is 6.09. The molecular weight excluding hydrogens is 353 g/mol. The summed E-state index contributed by atoms with van der Waals surface area (Å²) in [6.45, 7) is 10.4. The van der Waals surface area contributed by atoms with Gasteiger partial charge in [0.2, 0.25) is 0 Å². The number of nitrogens with zero attached hydrogens (tertiary/aromatic N) is 3. The second-order valence-electron chi connectivity index (χ2n) is 5.59. The summed E-state index contributed by atoms with van der Waals surface area (Å²) in [5.74, 6) is 1.01. The monoisotopic (exact) mass is 377 g/mol. The van der Waals surface area contributed by atoms with E-state index in [2.05, 4.69) is 46.2 Å². The average molecular weight is 377 g/mol. The highest BCUT2D eigenvalue weighted by atomic mass is 127. The summed E-state index contributed by atoms with van der Waals surface area (Å²) in [7, 11) is 0. The van der Waals surface area contributed by atoms with Crippen LogP contribution in [0.1, 0.15) is 32.9 Å². The minimum atomic E-state index is 0. The van der Waals surface area contributed by atoms with E-state index in [1.165, 1.54) is 6.42 Å². The van der Waals surface area contributed by atoms with Crippen LogP contribution in [-0.4, -0.2) is 40.7 Å². The van der Waals surface area contributed by atoms with Crippen molar-refractivity contribution in [1.29, 1.82) is 0 Å². The average Bonchev–Trinajstić information content (AvgIpc) is 2.93. The maximum atomic E-state index is 4.66. The molecule has 0 aromatic carbocycles. The predicted octanol–water partition coefficient (Wildman–Crippen LogP) is 2.23. The van der Waals surface area contributed by atoms with Gasteiger partial charge < -0.3 is 10.2 Å². The first-order chi connectivity index (χ1) is 8.61. The predicted molar refractivity (Wildman–Crippen MR) is 88.8 cm³/mol. The number of halogens is 1. The molecular formula is C13H24IN5. The van der Waals surface area contributed by atoms with Crippen LogP contribution < -0.4 is 5.32 Å². The lowest BCUT2D eigenvalue weighted by Crippen LogP contribution is -2.40. The van der Waals surface area contributed by atoms with Crippen LogP contribution in [0.2, 0.25) is 0 Å². The van der Waals surface area contributed by atoms with E-state index in [1.807, 2.05) is 6.07 Å². The van der Waals surface area contributed by atoms with Crippen LogP contribution in [0.15, 0.2) is 17.3 Å². The van der Waals surface area contributed by atoms with Gasteiger partial charge in [0.15, 0.2) is 5.96 Å². The summed E-state index contributed by atoms with van der Waals surface area (Å²) in [6, 6.07) is 1.96. The summed E-state index contributed by atoms with van der Waals surface area (Å²) >= 11 is 0. The van der Waals surface area contributed by atoms with Gasteiger partial charge in [-0.1, -0.05) is 13.8 Å². The molecule has 0 radical (unpaired) electrons. The fraction of sp³-hybridized carbons (Fsp3) is 0.692. The van der Waals surface area contributed by atoms with Gasteiger partial charge in [-0.2, -0.15) is 5.10 Å². The molecule has 0 aliphatic carbocycles. The minimum Gasteiger partial charge on any atom is -0.357 e. The number of H-pyrrole nitrogens is 1. The zero-order valence-corrected chi connectivity index (χ0v) is 14.3. The fourth-order valence-electron chi connectivity index (χ4n) is 2.25. The highest BCUT2D eigenvalue weighted by Gasteiger charge is 2.30. The number of likely N-dealkylation sites (tertiary alicyclic amines) is 1. The smallest absolute Gasteiger partial charge is 0.194 e. The van der Waals surface area contributed by atoms with Crippen molar-refractivity contribution in [2.45, 2.75) is 33.7 Å². The number of rotatable bonds is 3. The molecule has 2 rings (SSSR count). The second kappa shape index (κ2) is 7.12. The molecule has 5 nitrogen and oxygen atoms in total. The third kappa shape index (κ3) is 4.67. The molecule has 2 N–H and O–H groups in total. The van der Waals surface area contributed by atoms with Gasteiger partial charge in [-0.15, -0.1) is 24.0 Å². The number of aromatic amines is 1. The number of aromatic nitrogens is 2. The molecule has 0 bridgehead atoms. The zero-order chi connectivity index (χ0) is 13.0. The van der Waals surface area contributed by atoms with Gasteiger partial charge in [0.05, 0.1) is 12.2 Å². The van der Waals surface area contributed by atoms with Gasteiger partial charge in [0.1, 0.15) is 0 Å². The van der Waals surface area contributed by atoms with Crippen LogP contribution in [0.5, 0.6) is 0 Å². The quantitative estimate of drug-likeness (QED) is 0.483. The van der Waals surface area contributed by atoms with Crippen molar-refractivity contribution in [2.24, 2.45) is 10.4 Å². The maximum Gasteiger partial charge on any atom is 0.194 e. The lowest BCUT2D eigenvalue weighted by Gasteiger charge is -2.23. The third-order valence-electron chi connectivity index (χ3n) is 3.27. The van der Waals surface area contributed by atoms with E-state index in [-0.39, 0.29) is 24.0 Å². The van der Waals surface area contributed by atoms with E-state index >= 15 is 0 Å². The Bertz CT molecular complexity index is 399. The van der Waals surface area contributed by atoms with Crippen molar-refractivity contribution in [3.8, 4) is 0 Å². The van der Waals surface area contributed by atoms with Gasteiger partial charge in [0.25, 0.3) is 0 Å². The van der Waals surface area contributed by atoms with Crippen molar-refractivity contribution >= 4 is 29.9 Å². The minimum absolute atomic E-state index is 0. The van der Waals surface area contributed by atoms with Crippen molar-refractivity contribution < 1.29 is 0 Å². The number of guanidine groups is 1. The molecule has 0 atom stereocenters. The maximum absolute atomic E-state index is 4.66. The molecule has 1 saturated heterocycles. The number of hydrogen-bond acceptors (Lipinski definition) is 2. The Hall–Kier alpha value is -0.790. The molecule has 1 fully saturated rings. The first-order valence-corrected chi connectivity index (χ1v) is 6.62. The van der Waals surface area contributed by atoms with Gasteiger partial charge in [-0.3, -0.25) is 5.10 Å². The van der Waals surface area contributed by atoms with E-state index in [4.69, 9.17) is 0 Å². The normalized spacial score (nSPS) is 18.3. The summed E-state index contributed by atoms with van der Waals surface area (Å²) in [4.78, 5) is 7.01. The SMILES string of the molecule is CCNC(=NCc1ccn[nH]1)N1CCC(C)(C)C1.I. The molecule has 19 heavy (non-hydrogen) atoms. The largest absolute Gasteiger partial charge is 0.357 e. The van der Waals surface area contributed by atoms with Crippen molar-refractivity contribution in [1.82, 2.24) is 20.4 Å². The van der Waals surface area contributed by atoms with Gasteiger partial charge in [0, 0.05) is 25.8 Å². The summed E-state index contributed by atoms with van der Waals surface area (Å²) in [5, 5.41) is 10.2. The van der Waals surface area contributed by atoms with E-state index in [0.717, 1.165) is 31.3 Å². The Morgan fingerprint density at radius 2 is 2.37 bits per heavy atom. The molecule has 0 amide bonds. The van der Waals surface area contributed by atoms with Crippen LogP contribution in [0.3, 0.4) is 0 Å². The van der Waals surface area contributed by atoms with E-state index in [0.29, 0.717) is 12.0 Å². The molecule has 2 heterocycles. The first kappa shape index (κ1) is 16.3. The first-order valence-electron chi connectivity index (χ1n) is 6.62. The molecule has 1 aliphatic heterocycles. The number of hydrogen-bond donors (Lipinski definition) is 2. The third-order valence-corrected chi connectivity index (χ3v) is 3.27. The van der Waals surface area contributed by atoms with Gasteiger partial charge in [-0.25, -0.2) is 4.99 Å². The topological polar surface area (TPSA) is 56.3 Å². The summed E-state index contributed by atoms with van der Waals surface area (Å²) in [5.41, 5.74) is 1.44. The van der Waals surface area contributed by atoms with Crippen LogP contribution in [0, 0.1) is 5.41 Å². The van der Waals surface area contributed by atoms with Crippen LogP contribution in [0.25, 0.3) is 0 Å². The number of aliphatic imine (C=N–C) groups is 1. The summed E-state index contributed by atoms with van der Waals surface area (Å²) < 4.78 is 0. The van der Waals surface area contributed by atoms with Crippen LogP contribution in [0.4, 0.5) is 0 Å². The van der Waals surface area contributed by atoms with Crippen molar-refractivity contribution in [3.05, 3.63) is 18.0 Å². The Balaban J connectivity index is 0.00000180. The summed E-state index contributed by atoms with van der Waals surface area (Å²) in [6.07, 6.45) is 2.98. The van der Waals surface area contributed by atoms with Crippen LogP contribution in [-0.2, 0) is 6.54 Å². The molecule has 0 unspecified atom stereocenters. The Morgan fingerprint density at radius 1 is 1.58 bits per heavy atom. The highest BCUT2D eigenvalue weighted by Crippen LogP contribution is 2.28. The lowest BCUT2D eigenvalue weighted by molar-refractivity contribution is 0.370. The molecule has 0 saturated carbocycles. The molecule has 1 aromatic heterocycles.